The van der Waals surface area contributed by atoms with Crippen LogP contribution in [-0.4, -0.2) is 27.4 Å². The molecule has 4 nitrogen and oxygen atoms in total. The van der Waals surface area contributed by atoms with Gasteiger partial charge < -0.3 is 0 Å². The lowest BCUT2D eigenvalue weighted by molar-refractivity contribution is 0.268. The van der Waals surface area contributed by atoms with Crippen LogP contribution < -0.4 is 5.56 Å². The second-order valence-electron chi connectivity index (χ2n) is 6.44. The number of rotatable bonds is 4. The first-order chi connectivity index (χ1) is 10.7. The number of hydrogen-bond donors (Lipinski definition) is 0. The molecule has 5 heteroatoms. The molecule has 0 bridgehead atoms. The summed E-state index contributed by atoms with van der Waals surface area (Å²) in [6.07, 6.45) is 6.55. The van der Waals surface area contributed by atoms with Crippen LogP contribution >= 0.6 is 11.3 Å². The fraction of sp³-hybridized carbons (Fsp3) is 0.647. The molecule has 0 amide bonds. The summed E-state index contributed by atoms with van der Waals surface area (Å²) in [5.41, 5.74) is 1.94. The number of fused-ring (bicyclic) bond motifs is 1. The fourth-order valence-corrected chi connectivity index (χ4v) is 4.38. The molecule has 0 unspecified atom stereocenters. The third kappa shape index (κ3) is 3.41. The Balaban J connectivity index is 1.72. The smallest absolute Gasteiger partial charge is 0.259 e. The molecule has 1 fully saturated rings. The highest BCUT2D eigenvalue weighted by Crippen LogP contribution is 2.22. The quantitative estimate of drug-likeness (QED) is 0.866. The van der Waals surface area contributed by atoms with Gasteiger partial charge in [0.2, 0.25) is 0 Å². The van der Waals surface area contributed by atoms with Gasteiger partial charge in [-0.3, -0.25) is 14.1 Å². The molecule has 0 aromatic carbocycles. The van der Waals surface area contributed by atoms with Crippen molar-refractivity contribution in [3.8, 4) is 0 Å². The van der Waals surface area contributed by atoms with E-state index in [0.29, 0.717) is 0 Å². The topological polar surface area (TPSA) is 37.6 Å². The minimum Gasteiger partial charge on any atom is -0.297 e. The van der Waals surface area contributed by atoms with E-state index in [0.717, 1.165) is 41.9 Å². The molecule has 0 N–H and O–H groups in total. The lowest BCUT2D eigenvalue weighted by Crippen LogP contribution is -2.26. The van der Waals surface area contributed by atoms with Gasteiger partial charge in [0.15, 0.2) is 4.96 Å². The van der Waals surface area contributed by atoms with Crippen LogP contribution in [0.15, 0.2) is 16.2 Å². The summed E-state index contributed by atoms with van der Waals surface area (Å²) in [5, 5.41) is 1.99. The summed E-state index contributed by atoms with van der Waals surface area (Å²) in [4.78, 5) is 20.2. The molecular weight excluding hydrogens is 294 g/mol. The molecule has 2 aromatic rings. The van der Waals surface area contributed by atoms with Gasteiger partial charge in [-0.15, -0.1) is 11.3 Å². The van der Waals surface area contributed by atoms with Crippen LogP contribution in [0, 0.1) is 12.8 Å². The summed E-state index contributed by atoms with van der Waals surface area (Å²) >= 11 is 1.55. The van der Waals surface area contributed by atoms with Crippen molar-refractivity contribution in [2.45, 2.75) is 52.5 Å². The van der Waals surface area contributed by atoms with Crippen LogP contribution in [0.2, 0.25) is 0 Å². The molecule has 0 spiro atoms. The first-order valence-corrected chi connectivity index (χ1v) is 9.24. The zero-order chi connectivity index (χ0) is 15.5. The highest BCUT2D eigenvalue weighted by atomic mass is 32.1. The van der Waals surface area contributed by atoms with E-state index in [-0.39, 0.29) is 5.56 Å². The van der Waals surface area contributed by atoms with Gasteiger partial charge in [0, 0.05) is 23.7 Å². The van der Waals surface area contributed by atoms with E-state index in [1.165, 1.54) is 32.1 Å². The van der Waals surface area contributed by atoms with E-state index in [1.807, 2.05) is 12.3 Å². The molecule has 120 valence electrons. The third-order valence-corrected chi connectivity index (χ3v) is 5.60. The molecule has 0 saturated carbocycles. The van der Waals surface area contributed by atoms with Crippen molar-refractivity contribution in [3.63, 3.8) is 0 Å². The highest BCUT2D eigenvalue weighted by Gasteiger charge is 2.17. The Morgan fingerprint density at radius 2 is 2.23 bits per heavy atom. The van der Waals surface area contributed by atoms with Crippen molar-refractivity contribution in [3.05, 3.63) is 33.2 Å². The minimum atomic E-state index is 0.0532. The predicted molar refractivity (Wildman–Crippen MR) is 91.6 cm³/mol. The minimum absolute atomic E-state index is 0.0532. The third-order valence-electron chi connectivity index (χ3n) is 4.65. The fourth-order valence-electron chi connectivity index (χ4n) is 3.49. The zero-order valence-corrected chi connectivity index (χ0v) is 14.4. The van der Waals surface area contributed by atoms with Crippen LogP contribution in [-0.2, 0) is 6.54 Å². The number of nitrogens with zero attached hydrogens (tertiary/aromatic N) is 3. The molecule has 3 heterocycles. The Hall–Kier alpha value is -1.20. The summed E-state index contributed by atoms with van der Waals surface area (Å²) in [6.45, 7) is 7.30. The van der Waals surface area contributed by atoms with Crippen LogP contribution in [0.25, 0.3) is 4.96 Å². The number of aromatic nitrogens is 2. The molecule has 1 aliphatic heterocycles. The van der Waals surface area contributed by atoms with E-state index in [1.54, 1.807) is 21.8 Å². The number of aryl methyl sites for hydroxylation is 1. The largest absolute Gasteiger partial charge is 0.297 e. The van der Waals surface area contributed by atoms with Crippen LogP contribution in [0.3, 0.4) is 0 Å². The van der Waals surface area contributed by atoms with Gasteiger partial charge in [-0.2, -0.15) is 0 Å². The Morgan fingerprint density at radius 3 is 3.05 bits per heavy atom. The Kier molecular flexibility index (Phi) is 4.93. The summed E-state index contributed by atoms with van der Waals surface area (Å²) in [7, 11) is 0. The van der Waals surface area contributed by atoms with Gasteiger partial charge >= 0.3 is 0 Å². The van der Waals surface area contributed by atoms with Gasteiger partial charge in [-0.25, -0.2) is 4.98 Å². The number of hydrogen-bond acceptors (Lipinski definition) is 4. The van der Waals surface area contributed by atoms with Crippen molar-refractivity contribution in [2.24, 2.45) is 5.92 Å². The maximum atomic E-state index is 12.2. The molecule has 0 radical (unpaired) electrons. The molecule has 3 rings (SSSR count). The van der Waals surface area contributed by atoms with Crippen LogP contribution in [0.4, 0.5) is 0 Å². The van der Waals surface area contributed by atoms with Crippen molar-refractivity contribution >= 4 is 16.3 Å². The van der Waals surface area contributed by atoms with Crippen molar-refractivity contribution in [2.75, 3.05) is 13.1 Å². The Labute approximate surface area is 135 Å². The Morgan fingerprint density at radius 1 is 1.36 bits per heavy atom. The van der Waals surface area contributed by atoms with E-state index in [9.17, 15) is 4.79 Å². The molecular formula is C17H25N3OS. The van der Waals surface area contributed by atoms with Crippen molar-refractivity contribution in [1.29, 1.82) is 0 Å². The molecule has 0 aliphatic carbocycles. The normalized spacial score (nSPS) is 20.4. The number of thiazole rings is 1. The van der Waals surface area contributed by atoms with Crippen LogP contribution in [0.5, 0.6) is 0 Å². The van der Waals surface area contributed by atoms with E-state index in [4.69, 9.17) is 0 Å². The summed E-state index contributed by atoms with van der Waals surface area (Å²) in [5.74, 6) is 0.885. The highest BCUT2D eigenvalue weighted by molar-refractivity contribution is 7.15. The molecule has 1 saturated heterocycles. The molecule has 2 aromatic heterocycles. The maximum absolute atomic E-state index is 12.2. The van der Waals surface area contributed by atoms with Crippen molar-refractivity contribution in [1.82, 2.24) is 14.3 Å². The maximum Gasteiger partial charge on any atom is 0.259 e. The van der Waals surface area contributed by atoms with Crippen LogP contribution in [0.1, 0.15) is 50.4 Å². The first kappa shape index (κ1) is 15.7. The standard InChI is InChI=1S/C17H25N3OS/c1-3-5-14-6-4-8-19(9-7-14)11-15-10-16(21)20-13(2)12-22-17(20)18-15/h10,12,14H,3-9,11H2,1-2H3/t14-/m1/s1. The summed E-state index contributed by atoms with van der Waals surface area (Å²) in [6, 6.07) is 1.71. The second kappa shape index (κ2) is 6.92. The monoisotopic (exact) mass is 319 g/mol. The van der Waals surface area contributed by atoms with E-state index >= 15 is 0 Å². The molecule has 22 heavy (non-hydrogen) atoms. The average molecular weight is 319 g/mol. The number of likely N-dealkylation sites (tertiary alicyclic amines) is 1. The lowest BCUT2D eigenvalue weighted by atomic mass is 9.96. The zero-order valence-electron chi connectivity index (χ0n) is 13.5. The van der Waals surface area contributed by atoms with E-state index < -0.39 is 0 Å². The van der Waals surface area contributed by atoms with Gasteiger partial charge in [-0.05, 0) is 45.2 Å². The van der Waals surface area contributed by atoms with Gasteiger partial charge in [-0.1, -0.05) is 19.8 Å². The lowest BCUT2D eigenvalue weighted by Gasteiger charge is -2.19. The van der Waals surface area contributed by atoms with E-state index in [2.05, 4.69) is 16.8 Å². The van der Waals surface area contributed by atoms with Gasteiger partial charge in [0.25, 0.3) is 5.56 Å². The first-order valence-electron chi connectivity index (χ1n) is 8.36. The predicted octanol–water partition coefficient (Wildman–Crippen LogP) is 3.47. The molecule has 1 atom stereocenters. The summed E-state index contributed by atoms with van der Waals surface area (Å²) < 4.78 is 1.70. The Bertz CT molecular complexity index is 691. The average Bonchev–Trinajstić information content (AvgIpc) is 2.72. The second-order valence-corrected chi connectivity index (χ2v) is 7.28. The van der Waals surface area contributed by atoms with Gasteiger partial charge in [0.05, 0.1) is 5.69 Å². The molecule has 1 aliphatic rings. The van der Waals surface area contributed by atoms with Crippen molar-refractivity contribution < 1.29 is 0 Å². The SMILES string of the molecule is CCC[C@@H]1CCCN(Cc2cc(=O)n3c(C)csc3n2)CC1. The van der Waals surface area contributed by atoms with Gasteiger partial charge in [0.1, 0.15) is 0 Å².